The van der Waals surface area contributed by atoms with Gasteiger partial charge in [0.15, 0.2) is 0 Å². The molecular weight excluding hydrogens is 216 g/mol. The average Bonchev–Trinajstić information content (AvgIpc) is 2.32. The van der Waals surface area contributed by atoms with Crippen LogP contribution in [0.4, 0.5) is 0 Å². The Hall–Kier alpha value is -0.520. The molecule has 0 saturated heterocycles. The first-order valence-corrected chi connectivity index (χ1v) is 8.18. The zero-order chi connectivity index (χ0) is 12.8. The monoisotopic (exact) mass is 246 g/mol. The van der Waals surface area contributed by atoms with E-state index in [4.69, 9.17) is 0 Å². The normalized spacial score (nSPS) is 34.8. The maximum absolute atomic E-state index is 2.58. The molecule has 2 aliphatic rings. The fourth-order valence-electron chi connectivity index (χ4n) is 3.52. The van der Waals surface area contributed by atoms with Crippen LogP contribution < -0.4 is 0 Å². The van der Waals surface area contributed by atoms with Crippen LogP contribution in [0.25, 0.3) is 0 Å². The summed E-state index contributed by atoms with van der Waals surface area (Å²) in [4.78, 5) is 0. The van der Waals surface area contributed by atoms with Gasteiger partial charge in [-0.1, -0.05) is 44.3 Å². The van der Waals surface area contributed by atoms with Crippen molar-refractivity contribution in [2.24, 2.45) is 5.92 Å². The Labute approximate surface area is 114 Å². The summed E-state index contributed by atoms with van der Waals surface area (Å²) in [5.74, 6) is 0.812. The summed E-state index contributed by atoms with van der Waals surface area (Å²) in [5.41, 5.74) is 5.19. The molecule has 0 aromatic heterocycles. The summed E-state index contributed by atoms with van der Waals surface area (Å²) < 4.78 is 0. The molecule has 2 aliphatic carbocycles. The third kappa shape index (κ3) is 3.73. The first-order chi connectivity index (χ1) is 8.79. The van der Waals surface area contributed by atoms with Gasteiger partial charge in [0.2, 0.25) is 0 Å². The van der Waals surface area contributed by atoms with E-state index in [-0.39, 0.29) is 0 Å². The van der Waals surface area contributed by atoms with E-state index in [0.29, 0.717) is 0 Å². The lowest BCUT2D eigenvalue weighted by Crippen LogP contribution is -2.07. The second-order valence-corrected chi connectivity index (χ2v) is 6.34. The highest BCUT2D eigenvalue weighted by molar-refractivity contribution is 5.36. The Bertz CT molecular complexity index is 319. The van der Waals surface area contributed by atoms with E-state index < -0.39 is 0 Å². The molecule has 0 amide bonds. The van der Waals surface area contributed by atoms with Crippen LogP contribution in [0.15, 0.2) is 22.8 Å². The van der Waals surface area contributed by atoms with Gasteiger partial charge in [-0.2, -0.15) is 0 Å². The van der Waals surface area contributed by atoms with E-state index in [1.54, 1.807) is 16.7 Å². The fraction of sp³-hybridized carbons (Fsp3) is 0.778. The lowest BCUT2D eigenvalue weighted by atomic mass is 9.82. The topological polar surface area (TPSA) is 0 Å². The van der Waals surface area contributed by atoms with Crippen LogP contribution >= 0.6 is 0 Å². The molecule has 0 aromatic carbocycles. The largest absolute Gasteiger partial charge is 0.0810 e. The molecule has 1 atom stereocenters. The van der Waals surface area contributed by atoms with Crippen molar-refractivity contribution in [3.05, 3.63) is 22.8 Å². The van der Waals surface area contributed by atoms with Gasteiger partial charge in [0, 0.05) is 0 Å². The van der Waals surface area contributed by atoms with E-state index in [2.05, 4.69) is 19.9 Å². The van der Waals surface area contributed by atoms with E-state index >= 15 is 0 Å². The summed E-state index contributed by atoms with van der Waals surface area (Å²) >= 11 is 0. The molecule has 0 fully saturated rings. The molecule has 0 nitrogen and oxygen atoms in total. The molecule has 2 rings (SSSR count). The molecule has 0 aromatic rings. The molecule has 0 saturated carbocycles. The second-order valence-electron chi connectivity index (χ2n) is 6.34. The molecular formula is C18H30. The van der Waals surface area contributed by atoms with E-state index in [1.807, 2.05) is 0 Å². The summed E-state index contributed by atoms with van der Waals surface area (Å²) in [6.45, 7) is 4.84. The van der Waals surface area contributed by atoms with E-state index in [9.17, 15) is 0 Å². The Balaban J connectivity index is 2.20. The molecule has 18 heavy (non-hydrogen) atoms. The van der Waals surface area contributed by atoms with Gasteiger partial charge in [-0.25, -0.2) is 0 Å². The van der Waals surface area contributed by atoms with Crippen molar-refractivity contribution in [1.82, 2.24) is 0 Å². The van der Waals surface area contributed by atoms with Gasteiger partial charge in [-0.05, 0) is 68.9 Å². The molecule has 0 spiro atoms. The number of hydrogen-bond acceptors (Lipinski definition) is 0. The highest BCUT2D eigenvalue weighted by atomic mass is 14.2. The fourth-order valence-corrected chi connectivity index (χ4v) is 3.52. The molecule has 102 valence electrons. The van der Waals surface area contributed by atoms with Crippen molar-refractivity contribution in [1.29, 1.82) is 0 Å². The van der Waals surface area contributed by atoms with Crippen LogP contribution in [-0.2, 0) is 0 Å². The summed E-state index contributed by atoms with van der Waals surface area (Å²) in [5, 5.41) is 0. The van der Waals surface area contributed by atoms with Crippen LogP contribution in [0.3, 0.4) is 0 Å². The van der Waals surface area contributed by atoms with Gasteiger partial charge in [0.25, 0.3) is 0 Å². The van der Waals surface area contributed by atoms with Crippen LogP contribution in [0.5, 0.6) is 0 Å². The van der Waals surface area contributed by atoms with Gasteiger partial charge in [-0.3, -0.25) is 0 Å². The molecule has 0 N–H and O–H groups in total. The molecule has 0 heteroatoms. The Kier molecular flexibility index (Phi) is 5.53. The predicted molar refractivity (Wildman–Crippen MR) is 80.7 cm³/mol. The van der Waals surface area contributed by atoms with Crippen molar-refractivity contribution in [3.8, 4) is 0 Å². The summed E-state index contributed by atoms with van der Waals surface area (Å²) in [6.07, 6.45) is 18.0. The van der Waals surface area contributed by atoms with Crippen molar-refractivity contribution in [2.45, 2.75) is 84.5 Å². The van der Waals surface area contributed by atoms with Crippen molar-refractivity contribution in [3.63, 3.8) is 0 Å². The van der Waals surface area contributed by atoms with Crippen molar-refractivity contribution in [2.75, 3.05) is 0 Å². The van der Waals surface area contributed by atoms with Crippen LogP contribution in [0, 0.1) is 5.92 Å². The standard InChI is InChI=1S/C18H30/c1-15-11-7-6-10-14-18(16(15)2)17-12-8-4-3-5-9-13-17/h12,15H,3-11,13-14H2,1-2H3/b17-12-,18-16+. The second kappa shape index (κ2) is 7.16. The molecule has 0 bridgehead atoms. The van der Waals surface area contributed by atoms with Gasteiger partial charge in [0.05, 0.1) is 0 Å². The molecule has 0 aliphatic heterocycles. The highest BCUT2D eigenvalue weighted by Crippen LogP contribution is 2.34. The minimum atomic E-state index is 0.812. The minimum absolute atomic E-state index is 0.812. The lowest BCUT2D eigenvalue weighted by molar-refractivity contribution is 0.518. The third-order valence-corrected chi connectivity index (χ3v) is 4.96. The highest BCUT2D eigenvalue weighted by Gasteiger charge is 2.16. The van der Waals surface area contributed by atoms with Crippen LogP contribution in [0.2, 0.25) is 0 Å². The van der Waals surface area contributed by atoms with Crippen LogP contribution in [-0.4, -0.2) is 0 Å². The van der Waals surface area contributed by atoms with Gasteiger partial charge < -0.3 is 0 Å². The average molecular weight is 246 g/mol. The van der Waals surface area contributed by atoms with Crippen molar-refractivity contribution < 1.29 is 0 Å². The smallest absolute Gasteiger partial charge is 0.0229 e. The third-order valence-electron chi connectivity index (χ3n) is 4.96. The first kappa shape index (κ1) is 13.9. The SMILES string of the molecule is C/C1=C(\C2=C/CCCCCC2)CCCCCC1C. The Morgan fingerprint density at radius 1 is 0.889 bits per heavy atom. The first-order valence-electron chi connectivity index (χ1n) is 8.18. The molecule has 0 radical (unpaired) electrons. The van der Waals surface area contributed by atoms with Gasteiger partial charge in [-0.15, -0.1) is 0 Å². The molecule has 1 unspecified atom stereocenters. The lowest BCUT2D eigenvalue weighted by Gasteiger charge is -2.24. The number of allylic oxidation sites excluding steroid dienone is 4. The van der Waals surface area contributed by atoms with E-state index in [0.717, 1.165) is 5.92 Å². The van der Waals surface area contributed by atoms with Gasteiger partial charge >= 0.3 is 0 Å². The van der Waals surface area contributed by atoms with E-state index in [1.165, 1.54) is 70.6 Å². The number of rotatable bonds is 1. The summed E-state index contributed by atoms with van der Waals surface area (Å²) in [6, 6.07) is 0. The maximum atomic E-state index is 2.58. The molecule has 0 heterocycles. The zero-order valence-corrected chi connectivity index (χ0v) is 12.4. The Morgan fingerprint density at radius 2 is 1.61 bits per heavy atom. The quantitative estimate of drug-likeness (QED) is 0.518. The van der Waals surface area contributed by atoms with Crippen LogP contribution in [0.1, 0.15) is 84.5 Å². The Morgan fingerprint density at radius 3 is 2.50 bits per heavy atom. The van der Waals surface area contributed by atoms with Crippen molar-refractivity contribution >= 4 is 0 Å². The van der Waals surface area contributed by atoms with Gasteiger partial charge in [0.1, 0.15) is 0 Å². The zero-order valence-electron chi connectivity index (χ0n) is 12.4. The minimum Gasteiger partial charge on any atom is -0.0810 e. The summed E-state index contributed by atoms with van der Waals surface area (Å²) in [7, 11) is 0. The maximum Gasteiger partial charge on any atom is -0.0229 e. The number of hydrogen-bond donors (Lipinski definition) is 0. The predicted octanol–water partition coefficient (Wildman–Crippen LogP) is 6.18.